The summed E-state index contributed by atoms with van der Waals surface area (Å²) in [5.74, 6) is 1.28. The summed E-state index contributed by atoms with van der Waals surface area (Å²) in [6.45, 7) is 0. The Bertz CT molecular complexity index is 614. The third-order valence-electron chi connectivity index (χ3n) is 2.88. The van der Waals surface area contributed by atoms with Crippen LogP contribution in [0.25, 0.3) is 11.4 Å². The van der Waals surface area contributed by atoms with E-state index in [1.165, 1.54) is 12.8 Å². The molecular weight excluding hydrogens is 426 g/mol. The molecule has 0 bridgehead atoms. The van der Waals surface area contributed by atoms with Crippen LogP contribution in [-0.4, -0.2) is 9.97 Å². The summed E-state index contributed by atoms with van der Waals surface area (Å²) >= 11 is 11.9. The van der Waals surface area contributed by atoms with Crippen LogP contribution in [0.5, 0.6) is 0 Å². The average Bonchev–Trinajstić information content (AvgIpc) is 3.16. The molecule has 92 valence electrons. The predicted octanol–water partition coefficient (Wildman–Crippen LogP) is 5.04. The summed E-state index contributed by atoms with van der Waals surface area (Å²) in [6, 6.07) is 7.97. The van der Waals surface area contributed by atoms with Crippen molar-refractivity contribution in [2.45, 2.75) is 18.8 Å². The molecule has 0 N–H and O–H groups in total. The fourth-order valence-electron chi connectivity index (χ4n) is 1.82. The van der Waals surface area contributed by atoms with Crippen molar-refractivity contribution in [3.63, 3.8) is 0 Å². The van der Waals surface area contributed by atoms with Crippen LogP contribution in [0.4, 0.5) is 0 Å². The van der Waals surface area contributed by atoms with Crippen LogP contribution in [0.15, 0.2) is 28.7 Å². The molecule has 1 saturated carbocycles. The van der Waals surface area contributed by atoms with E-state index >= 15 is 0 Å². The first-order chi connectivity index (χ1) is 8.65. The molecule has 18 heavy (non-hydrogen) atoms. The van der Waals surface area contributed by atoms with Gasteiger partial charge in [-0.2, -0.15) is 0 Å². The minimum atomic E-state index is 0.558. The monoisotopic (exact) mass is 434 g/mol. The topological polar surface area (TPSA) is 25.8 Å². The molecule has 3 rings (SSSR count). The molecule has 1 aromatic heterocycles. The summed E-state index contributed by atoms with van der Waals surface area (Å²) in [6.07, 6.45) is 2.42. The zero-order valence-electron chi connectivity index (χ0n) is 9.33. The summed E-state index contributed by atoms with van der Waals surface area (Å²) in [7, 11) is 0. The first-order valence-corrected chi connectivity index (χ1v) is 7.89. The number of rotatable bonds is 2. The predicted molar refractivity (Wildman–Crippen MR) is 84.9 cm³/mol. The smallest absolute Gasteiger partial charge is 0.161 e. The van der Waals surface area contributed by atoms with E-state index in [0.717, 1.165) is 19.3 Å². The Morgan fingerprint density at radius 2 is 2.06 bits per heavy atom. The van der Waals surface area contributed by atoms with Crippen molar-refractivity contribution in [2.75, 3.05) is 0 Å². The Labute approximate surface area is 132 Å². The zero-order valence-corrected chi connectivity index (χ0v) is 13.8. The van der Waals surface area contributed by atoms with Gasteiger partial charge in [-0.25, -0.2) is 9.97 Å². The van der Waals surface area contributed by atoms with Gasteiger partial charge in [-0.3, -0.25) is 0 Å². The second-order valence-electron chi connectivity index (χ2n) is 4.32. The molecule has 0 saturated heterocycles. The van der Waals surface area contributed by atoms with Crippen LogP contribution in [-0.2, 0) is 0 Å². The maximum absolute atomic E-state index is 6.21. The van der Waals surface area contributed by atoms with E-state index in [-0.39, 0.29) is 0 Å². The van der Waals surface area contributed by atoms with Crippen LogP contribution in [0.3, 0.4) is 0 Å². The second-order valence-corrected chi connectivity index (χ2v) is 6.67. The van der Waals surface area contributed by atoms with Crippen molar-refractivity contribution in [3.05, 3.63) is 43.2 Å². The largest absolute Gasteiger partial charge is 0.232 e. The number of halogens is 3. The lowest BCUT2D eigenvalue weighted by atomic mass is 10.2. The van der Waals surface area contributed by atoms with E-state index in [4.69, 9.17) is 11.6 Å². The Balaban J connectivity index is 2.12. The van der Waals surface area contributed by atoms with E-state index in [2.05, 4.69) is 48.5 Å². The van der Waals surface area contributed by atoms with Crippen molar-refractivity contribution in [2.24, 2.45) is 0 Å². The van der Waals surface area contributed by atoms with Crippen molar-refractivity contribution in [1.82, 2.24) is 9.97 Å². The normalized spacial score (nSPS) is 14.8. The molecule has 0 aliphatic heterocycles. The molecule has 1 heterocycles. The number of benzene rings is 1. The molecule has 2 aromatic rings. The van der Waals surface area contributed by atoms with Gasteiger partial charge < -0.3 is 0 Å². The first kappa shape index (κ1) is 12.8. The summed E-state index contributed by atoms with van der Waals surface area (Å²) in [4.78, 5) is 9.06. The number of hydrogen-bond donors (Lipinski definition) is 0. The fourth-order valence-corrected chi connectivity index (χ4v) is 3.08. The maximum Gasteiger partial charge on any atom is 0.161 e. The Morgan fingerprint density at radius 3 is 2.72 bits per heavy atom. The van der Waals surface area contributed by atoms with Crippen LogP contribution < -0.4 is 0 Å². The Kier molecular flexibility index (Phi) is 3.60. The summed E-state index contributed by atoms with van der Waals surface area (Å²) in [5, 5.41) is 0.558. The van der Waals surface area contributed by atoms with Gasteiger partial charge in [-0.15, -0.1) is 0 Å². The van der Waals surface area contributed by atoms with Gasteiger partial charge in [-0.05, 0) is 47.6 Å². The first-order valence-electron chi connectivity index (χ1n) is 5.64. The van der Waals surface area contributed by atoms with Gasteiger partial charge in [-0.1, -0.05) is 39.7 Å². The van der Waals surface area contributed by atoms with E-state index in [0.29, 0.717) is 16.9 Å². The summed E-state index contributed by atoms with van der Waals surface area (Å²) < 4.78 is 2.02. The van der Waals surface area contributed by atoms with Gasteiger partial charge in [0.2, 0.25) is 0 Å². The summed E-state index contributed by atoms with van der Waals surface area (Å²) in [5.41, 5.74) is 2.09. The lowest BCUT2D eigenvalue weighted by Crippen LogP contribution is -1.99. The zero-order chi connectivity index (χ0) is 12.7. The maximum atomic E-state index is 6.21. The lowest BCUT2D eigenvalue weighted by molar-refractivity contribution is 0.978. The molecule has 0 atom stereocenters. The fraction of sp³-hybridized carbons (Fsp3) is 0.231. The molecule has 0 amide bonds. The van der Waals surface area contributed by atoms with Crippen molar-refractivity contribution in [3.8, 4) is 11.4 Å². The highest BCUT2D eigenvalue weighted by Gasteiger charge is 2.29. The van der Waals surface area contributed by atoms with Crippen molar-refractivity contribution < 1.29 is 0 Å². The van der Waals surface area contributed by atoms with Crippen molar-refractivity contribution in [1.29, 1.82) is 0 Å². The van der Waals surface area contributed by atoms with Crippen LogP contribution in [0.2, 0.25) is 5.15 Å². The number of hydrogen-bond acceptors (Lipinski definition) is 2. The van der Waals surface area contributed by atoms with Gasteiger partial charge in [0.25, 0.3) is 0 Å². The minimum Gasteiger partial charge on any atom is -0.232 e. The minimum absolute atomic E-state index is 0.558. The SMILES string of the molecule is Clc1nc(-c2cccc(Br)c2)nc(C2CC2)c1I. The molecule has 1 aliphatic carbocycles. The molecule has 1 aromatic carbocycles. The lowest BCUT2D eigenvalue weighted by Gasteiger charge is -2.07. The van der Waals surface area contributed by atoms with Gasteiger partial charge in [0, 0.05) is 16.0 Å². The second kappa shape index (κ2) is 5.06. The van der Waals surface area contributed by atoms with Gasteiger partial charge in [0.1, 0.15) is 5.15 Å². The molecule has 1 aliphatic rings. The Morgan fingerprint density at radius 1 is 1.28 bits per heavy atom. The van der Waals surface area contributed by atoms with E-state index in [9.17, 15) is 0 Å². The van der Waals surface area contributed by atoms with Gasteiger partial charge in [0.15, 0.2) is 5.82 Å². The molecule has 1 fully saturated rings. The Hall–Kier alpha value is -0.200. The van der Waals surface area contributed by atoms with Crippen LogP contribution in [0, 0.1) is 3.57 Å². The van der Waals surface area contributed by atoms with E-state index in [1.807, 2.05) is 24.3 Å². The number of nitrogens with zero attached hydrogens (tertiary/aromatic N) is 2. The molecule has 0 spiro atoms. The van der Waals surface area contributed by atoms with Crippen LogP contribution in [0.1, 0.15) is 24.5 Å². The standard InChI is InChI=1S/C13H9BrClIN2/c14-9-3-1-2-8(6-9)13-17-11(7-4-5-7)10(16)12(15)18-13/h1-3,6-7H,4-5H2. The van der Waals surface area contributed by atoms with Gasteiger partial charge >= 0.3 is 0 Å². The molecular formula is C13H9BrClIN2. The molecule has 0 radical (unpaired) electrons. The third-order valence-corrected chi connectivity index (χ3v) is 5.03. The van der Waals surface area contributed by atoms with Gasteiger partial charge in [0.05, 0.1) is 9.26 Å². The molecule has 5 heteroatoms. The molecule has 0 unspecified atom stereocenters. The quantitative estimate of drug-likeness (QED) is 0.488. The highest BCUT2D eigenvalue weighted by Crippen LogP contribution is 2.42. The van der Waals surface area contributed by atoms with E-state index in [1.54, 1.807) is 0 Å². The van der Waals surface area contributed by atoms with Crippen LogP contribution >= 0.6 is 50.1 Å². The third kappa shape index (κ3) is 2.56. The highest BCUT2D eigenvalue weighted by molar-refractivity contribution is 14.1. The van der Waals surface area contributed by atoms with Crippen molar-refractivity contribution >= 4 is 50.1 Å². The highest BCUT2D eigenvalue weighted by atomic mass is 127. The van der Waals surface area contributed by atoms with E-state index < -0.39 is 0 Å². The molecule has 2 nitrogen and oxygen atoms in total. The number of aromatic nitrogens is 2. The average molecular weight is 435 g/mol.